The molecule has 1 amide bonds. The molecule has 26 heavy (non-hydrogen) atoms. The first kappa shape index (κ1) is 16.7. The molecule has 10 heteroatoms. The van der Waals surface area contributed by atoms with Gasteiger partial charge in [0, 0.05) is 18.2 Å². The molecule has 0 fully saturated rings. The van der Waals surface area contributed by atoms with Gasteiger partial charge in [0.25, 0.3) is 5.91 Å². The van der Waals surface area contributed by atoms with Crippen LogP contribution in [0.25, 0.3) is 0 Å². The fraction of sp³-hybridized carbons (Fsp3) is 0.312. The van der Waals surface area contributed by atoms with Crippen LogP contribution >= 0.6 is 0 Å². The normalized spacial score (nSPS) is 16.8. The lowest BCUT2D eigenvalue weighted by Crippen LogP contribution is -2.37. The van der Waals surface area contributed by atoms with Gasteiger partial charge >= 0.3 is 0 Å². The molecule has 2 N–H and O–H groups in total. The summed E-state index contributed by atoms with van der Waals surface area (Å²) in [7, 11) is -3.76. The summed E-state index contributed by atoms with van der Waals surface area (Å²) in [6, 6.07) is 4.53. The van der Waals surface area contributed by atoms with E-state index < -0.39 is 15.9 Å². The molecule has 1 aromatic carbocycles. The number of benzene rings is 1. The quantitative estimate of drug-likeness (QED) is 0.794. The van der Waals surface area contributed by atoms with Crippen molar-refractivity contribution >= 4 is 15.9 Å². The Hall–Kier alpha value is -2.72. The number of aromatic nitrogens is 2. The summed E-state index contributed by atoms with van der Waals surface area (Å²) in [5.41, 5.74) is 6.30. The number of nitrogens with zero attached hydrogens (tertiary/aromatic N) is 3. The highest BCUT2D eigenvalue weighted by Crippen LogP contribution is 2.34. The predicted octanol–water partition coefficient (Wildman–Crippen LogP) is -0.106. The third-order valence-corrected chi connectivity index (χ3v) is 6.04. The van der Waals surface area contributed by atoms with Gasteiger partial charge in [0.1, 0.15) is 13.2 Å². The Morgan fingerprint density at radius 1 is 1.23 bits per heavy atom. The van der Waals surface area contributed by atoms with Crippen molar-refractivity contribution in [2.24, 2.45) is 5.73 Å². The lowest BCUT2D eigenvalue weighted by Gasteiger charge is -2.27. The molecule has 1 aromatic heterocycles. The Balaban J connectivity index is 1.65. The molecule has 0 saturated heterocycles. The van der Waals surface area contributed by atoms with Crippen LogP contribution in [0, 0.1) is 6.20 Å². The zero-order valence-corrected chi connectivity index (χ0v) is 14.5. The minimum Gasteiger partial charge on any atom is -0.486 e. The largest absolute Gasteiger partial charge is 0.486 e. The number of fused-ring (bicyclic) bond motifs is 2. The Bertz CT molecular complexity index is 992. The highest BCUT2D eigenvalue weighted by molar-refractivity contribution is 7.89. The highest BCUT2D eigenvalue weighted by Gasteiger charge is 2.31. The van der Waals surface area contributed by atoms with E-state index in [1.54, 1.807) is 6.07 Å². The summed E-state index contributed by atoms with van der Waals surface area (Å²) in [4.78, 5) is 19.2. The monoisotopic (exact) mass is 375 g/mol. The van der Waals surface area contributed by atoms with Gasteiger partial charge < -0.3 is 15.2 Å². The SMILES string of the molecule is NC(=O)c1n[c]c2c(n1)CN(S(=O)(=O)c1ccc3c(c1)OCCO3)CC2. The van der Waals surface area contributed by atoms with E-state index in [1.807, 2.05) is 0 Å². The van der Waals surface area contributed by atoms with Gasteiger partial charge in [-0.1, -0.05) is 0 Å². The molecule has 1 radical (unpaired) electrons. The van der Waals surface area contributed by atoms with E-state index in [0.29, 0.717) is 42.4 Å². The molecule has 135 valence electrons. The Morgan fingerprint density at radius 2 is 2.00 bits per heavy atom. The van der Waals surface area contributed by atoms with E-state index in [-0.39, 0.29) is 23.8 Å². The molecular weight excluding hydrogens is 360 g/mol. The number of carbonyl (C=O) groups is 1. The fourth-order valence-electron chi connectivity index (χ4n) is 2.87. The van der Waals surface area contributed by atoms with Crippen LogP contribution in [-0.4, -0.2) is 48.4 Å². The molecule has 3 heterocycles. The van der Waals surface area contributed by atoms with Crippen LogP contribution in [0.5, 0.6) is 11.5 Å². The maximum absolute atomic E-state index is 13.0. The van der Waals surface area contributed by atoms with Gasteiger partial charge in [-0.2, -0.15) is 4.31 Å². The number of hydrogen-bond acceptors (Lipinski definition) is 7. The maximum Gasteiger partial charge on any atom is 0.286 e. The minimum absolute atomic E-state index is 0.0193. The van der Waals surface area contributed by atoms with Crippen molar-refractivity contribution in [3.8, 4) is 11.5 Å². The van der Waals surface area contributed by atoms with E-state index in [2.05, 4.69) is 16.2 Å². The van der Waals surface area contributed by atoms with E-state index in [9.17, 15) is 13.2 Å². The lowest BCUT2D eigenvalue weighted by atomic mass is 10.1. The topological polar surface area (TPSA) is 125 Å². The molecule has 4 rings (SSSR count). The predicted molar refractivity (Wildman–Crippen MR) is 88.1 cm³/mol. The van der Waals surface area contributed by atoms with E-state index in [4.69, 9.17) is 15.2 Å². The molecular formula is C16H15N4O5S. The van der Waals surface area contributed by atoms with E-state index >= 15 is 0 Å². The number of carbonyl (C=O) groups excluding carboxylic acids is 1. The van der Waals surface area contributed by atoms with Crippen LogP contribution in [0.1, 0.15) is 21.9 Å². The summed E-state index contributed by atoms with van der Waals surface area (Å²) in [6.07, 6.45) is 3.12. The zero-order valence-electron chi connectivity index (χ0n) is 13.6. The number of nitrogens with two attached hydrogens (primary N) is 1. The van der Waals surface area contributed by atoms with Crippen molar-refractivity contribution in [1.82, 2.24) is 14.3 Å². The van der Waals surface area contributed by atoms with Crippen LogP contribution in [0.3, 0.4) is 0 Å². The van der Waals surface area contributed by atoms with Crippen molar-refractivity contribution in [3.05, 3.63) is 41.5 Å². The van der Waals surface area contributed by atoms with Crippen LogP contribution < -0.4 is 15.2 Å². The van der Waals surface area contributed by atoms with Crippen molar-refractivity contribution in [2.45, 2.75) is 17.9 Å². The summed E-state index contributed by atoms with van der Waals surface area (Å²) in [5, 5.41) is 0. The van der Waals surface area contributed by atoms with Crippen molar-refractivity contribution in [2.75, 3.05) is 19.8 Å². The highest BCUT2D eigenvalue weighted by atomic mass is 32.2. The van der Waals surface area contributed by atoms with E-state index in [1.165, 1.54) is 16.4 Å². The first-order valence-electron chi connectivity index (χ1n) is 7.92. The number of ether oxygens (including phenoxy) is 2. The zero-order chi connectivity index (χ0) is 18.3. The van der Waals surface area contributed by atoms with Gasteiger partial charge in [-0.25, -0.2) is 18.4 Å². The maximum atomic E-state index is 13.0. The van der Waals surface area contributed by atoms with Gasteiger partial charge in [-0.05, 0) is 18.6 Å². The van der Waals surface area contributed by atoms with Crippen LogP contribution in [-0.2, 0) is 23.0 Å². The van der Waals surface area contributed by atoms with Crippen molar-refractivity contribution < 1.29 is 22.7 Å². The molecule has 2 aliphatic heterocycles. The molecule has 2 aromatic rings. The summed E-state index contributed by atoms with van der Waals surface area (Å²) < 4.78 is 38.2. The molecule has 2 aliphatic rings. The second-order valence-electron chi connectivity index (χ2n) is 5.84. The number of hydrogen-bond donors (Lipinski definition) is 1. The van der Waals surface area contributed by atoms with Crippen molar-refractivity contribution in [1.29, 1.82) is 0 Å². The van der Waals surface area contributed by atoms with E-state index in [0.717, 1.165) is 0 Å². The molecule has 0 bridgehead atoms. The summed E-state index contributed by atoms with van der Waals surface area (Å²) >= 11 is 0. The molecule has 9 nitrogen and oxygen atoms in total. The van der Waals surface area contributed by atoms with Crippen LogP contribution in [0.4, 0.5) is 0 Å². The average Bonchev–Trinajstić information content (AvgIpc) is 2.66. The smallest absolute Gasteiger partial charge is 0.286 e. The minimum atomic E-state index is -3.76. The average molecular weight is 375 g/mol. The Labute approximate surface area is 149 Å². The summed E-state index contributed by atoms with van der Waals surface area (Å²) in [5.74, 6) is -0.0350. The van der Waals surface area contributed by atoms with Gasteiger partial charge in [-0.3, -0.25) is 4.79 Å². The second kappa shape index (κ2) is 6.22. The first-order chi connectivity index (χ1) is 12.4. The van der Waals surface area contributed by atoms with Gasteiger partial charge in [0.2, 0.25) is 15.8 Å². The van der Waals surface area contributed by atoms with Crippen LogP contribution in [0.2, 0.25) is 0 Å². The molecule has 0 aliphatic carbocycles. The standard InChI is InChI=1S/C16H15N4O5S/c17-15(21)16-18-8-10-3-4-20(9-12(10)19-16)26(22,23)11-1-2-13-14(7-11)25-6-5-24-13/h1-2,7H,3-6,9H2,(H2,17,21). The molecule has 0 unspecified atom stereocenters. The number of rotatable bonds is 3. The number of primary amides is 1. The number of sulfonamides is 1. The van der Waals surface area contributed by atoms with Gasteiger partial charge in [0.15, 0.2) is 11.5 Å². The molecule has 0 saturated carbocycles. The third-order valence-electron chi connectivity index (χ3n) is 4.20. The first-order valence-corrected chi connectivity index (χ1v) is 9.36. The Morgan fingerprint density at radius 3 is 2.77 bits per heavy atom. The Kier molecular flexibility index (Phi) is 4.00. The van der Waals surface area contributed by atoms with Crippen molar-refractivity contribution in [3.63, 3.8) is 0 Å². The molecule has 0 spiro atoms. The number of amides is 1. The second-order valence-corrected chi connectivity index (χ2v) is 7.78. The third kappa shape index (κ3) is 2.86. The molecule has 0 atom stereocenters. The van der Waals surface area contributed by atoms with Crippen LogP contribution in [0.15, 0.2) is 23.1 Å². The summed E-state index contributed by atoms with van der Waals surface area (Å²) in [6.45, 7) is 1.08. The van der Waals surface area contributed by atoms with Gasteiger partial charge in [-0.15, -0.1) is 0 Å². The fourth-order valence-corrected chi connectivity index (χ4v) is 4.29. The lowest BCUT2D eigenvalue weighted by molar-refractivity contribution is 0.0989. The van der Waals surface area contributed by atoms with Gasteiger partial charge in [0.05, 0.1) is 23.3 Å².